The van der Waals surface area contributed by atoms with Crippen molar-refractivity contribution in [2.75, 3.05) is 10.6 Å². The van der Waals surface area contributed by atoms with Gasteiger partial charge in [-0.25, -0.2) is 9.38 Å². The molecule has 6 nitrogen and oxygen atoms in total. The second-order valence-corrected chi connectivity index (χ2v) is 5.12. The van der Waals surface area contributed by atoms with Crippen molar-refractivity contribution in [2.45, 2.75) is 6.29 Å². The molecule has 122 valence electrons. The number of nitrogens with one attached hydrogen (secondary N) is 3. The SMILES string of the molecule is NC(=O)c1ccc(NC2N=CC(F)=C(Nc3ccccc3)N2)cc1. The number of allylic oxidation sites excluding steroid dienone is 1. The van der Waals surface area contributed by atoms with Gasteiger partial charge >= 0.3 is 0 Å². The fourth-order valence-electron chi connectivity index (χ4n) is 2.17. The van der Waals surface area contributed by atoms with E-state index >= 15 is 0 Å². The first-order valence-corrected chi connectivity index (χ1v) is 7.30. The molecule has 3 rings (SSSR count). The van der Waals surface area contributed by atoms with Crippen molar-refractivity contribution in [3.8, 4) is 0 Å². The monoisotopic (exact) mass is 325 g/mol. The van der Waals surface area contributed by atoms with Crippen molar-refractivity contribution in [1.82, 2.24) is 5.32 Å². The van der Waals surface area contributed by atoms with Gasteiger partial charge in [-0.3, -0.25) is 4.79 Å². The Labute approximate surface area is 138 Å². The molecule has 0 fully saturated rings. The number of primary amides is 1. The Balaban J connectivity index is 1.66. The molecule has 1 aliphatic rings. The highest BCUT2D eigenvalue weighted by atomic mass is 19.1. The van der Waals surface area contributed by atoms with Crippen molar-refractivity contribution < 1.29 is 9.18 Å². The van der Waals surface area contributed by atoms with Crippen LogP contribution in [-0.2, 0) is 0 Å². The van der Waals surface area contributed by atoms with E-state index in [1.54, 1.807) is 24.3 Å². The second-order valence-electron chi connectivity index (χ2n) is 5.12. The van der Waals surface area contributed by atoms with Crippen molar-refractivity contribution in [3.05, 3.63) is 71.8 Å². The summed E-state index contributed by atoms with van der Waals surface area (Å²) in [7, 11) is 0. The fraction of sp³-hybridized carbons (Fsp3) is 0.0588. The van der Waals surface area contributed by atoms with Gasteiger partial charge < -0.3 is 21.7 Å². The lowest BCUT2D eigenvalue weighted by Crippen LogP contribution is -2.39. The summed E-state index contributed by atoms with van der Waals surface area (Å²) >= 11 is 0. The summed E-state index contributed by atoms with van der Waals surface area (Å²) in [5.41, 5.74) is 7.10. The number of anilines is 2. The third-order valence-corrected chi connectivity index (χ3v) is 3.37. The summed E-state index contributed by atoms with van der Waals surface area (Å²) in [4.78, 5) is 15.1. The minimum absolute atomic E-state index is 0.224. The Kier molecular flexibility index (Phi) is 4.42. The lowest BCUT2D eigenvalue weighted by atomic mass is 10.2. The number of para-hydroxylation sites is 1. The molecule has 1 unspecified atom stereocenters. The number of halogens is 1. The third-order valence-electron chi connectivity index (χ3n) is 3.37. The summed E-state index contributed by atoms with van der Waals surface area (Å²) < 4.78 is 13.9. The fourth-order valence-corrected chi connectivity index (χ4v) is 2.17. The number of amides is 1. The van der Waals surface area contributed by atoms with Gasteiger partial charge in [0.05, 0.1) is 6.21 Å². The van der Waals surface area contributed by atoms with Gasteiger partial charge in [-0.15, -0.1) is 0 Å². The number of hydrogen-bond donors (Lipinski definition) is 4. The van der Waals surface area contributed by atoms with Crippen molar-refractivity contribution in [1.29, 1.82) is 0 Å². The molecule has 0 saturated carbocycles. The van der Waals surface area contributed by atoms with E-state index in [4.69, 9.17) is 5.73 Å². The minimum atomic E-state index is -0.546. The zero-order valence-corrected chi connectivity index (χ0v) is 12.7. The quantitative estimate of drug-likeness (QED) is 0.679. The van der Waals surface area contributed by atoms with Crippen molar-refractivity contribution >= 4 is 23.5 Å². The molecule has 5 N–H and O–H groups in total. The number of carbonyl (C=O) groups is 1. The molecule has 0 aromatic heterocycles. The number of aliphatic imine (C=N–C) groups is 1. The summed E-state index contributed by atoms with van der Waals surface area (Å²) in [5.74, 6) is -0.752. The predicted molar refractivity (Wildman–Crippen MR) is 92.2 cm³/mol. The van der Waals surface area contributed by atoms with Gasteiger partial charge in [-0.05, 0) is 36.4 Å². The van der Waals surface area contributed by atoms with Gasteiger partial charge in [0.25, 0.3) is 0 Å². The zero-order valence-electron chi connectivity index (χ0n) is 12.7. The first-order valence-electron chi connectivity index (χ1n) is 7.30. The van der Waals surface area contributed by atoms with Gasteiger partial charge in [0, 0.05) is 16.9 Å². The number of nitrogens with two attached hydrogens (primary N) is 1. The predicted octanol–water partition coefficient (Wildman–Crippen LogP) is 2.41. The van der Waals surface area contributed by atoms with E-state index in [0.717, 1.165) is 17.6 Å². The summed E-state index contributed by atoms with van der Waals surface area (Å²) in [5, 5.41) is 8.98. The molecule has 2 aromatic rings. The molecular weight excluding hydrogens is 309 g/mol. The molecule has 0 spiro atoms. The standard InChI is InChI=1S/C17H16FN5O/c18-14-10-20-17(22-13-8-6-11(7-9-13)15(19)24)23-16(14)21-12-4-2-1-3-5-12/h1-10,17,21-23H,(H2,19,24). The molecule has 2 aromatic carbocycles. The van der Waals surface area contributed by atoms with Crippen LogP contribution in [0.1, 0.15) is 10.4 Å². The summed E-state index contributed by atoms with van der Waals surface area (Å²) in [6.07, 6.45) is 0.604. The first-order chi connectivity index (χ1) is 11.6. The average molecular weight is 325 g/mol. The molecule has 0 radical (unpaired) electrons. The van der Waals surface area contributed by atoms with Crippen LogP contribution in [0.3, 0.4) is 0 Å². The Bertz CT molecular complexity index is 786. The van der Waals surface area contributed by atoms with E-state index in [0.29, 0.717) is 5.56 Å². The Hall–Kier alpha value is -3.35. The van der Waals surface area contributed by atoms with E-state index in [1.807, 2.05) is 30.3 Å². The van der Waals surface area contributed by atoms with E-state index < -0.39 is 18.0 Å². The minimum Gasteiger partial charge on any atom is -0.366 e. The third kappa shape index (κ3) is 3.70. The maximum atomic E-state index is 13.9. The normalized spacial score (nSPS) is 16.5. The largest absolute Gasteiger partial charge is 0.366 e. The van der Waals surface area contributed by atoms with Crippen LogP contribution in [0.15, 0.2) is 71.2 Å². The smallest absolute Gasteiger partial charge is 0.248 e. The van der Waals surface area contributed by atoms with Gasteiger partial charge in [-0.2, -0.15) is 0 Å². The van der Waals surface area contributed by atoms with E-state index in [2.05, 4.69) is 20.9 Å². The van der Waals surface area contributed by atoms with Crippen LogP contribution in [0.5, 0.6) is 0 Å². The second kappa shape index (κ2) is 6.82. The molecule has 0 saturated heterocycles. The van der Waals surface area contributed by atoms with Gasteiger partial charge in [0.15, 0.2) is 12.1 Å². The molecule has 1 heterocycles. The number of benzene rings is 2. The summed E-state index contributed by atoms with van der Waals surface area (Å²) in [6.45, 7) is 0. The number of rotatable bonds is 5. The Morgan fingerprint density at radius 2 is 1.79 bits per heavy atom. The van der Waals surface area contributed by atoms with E-state index in [1.165, 1.54) is 0 Å². The maximum Gasteiger partial charge on any atom is 0.248 e. The van der Waals surface area contributed by atoms with Crippen LogP contribution < -0.4 is 21.7 Å². The van der Waals surface area contributed by atoms with Crippen molar-refractivity contribution in [3.63, 3.8) is 0 Å². The molecule has 24 heavy (non-hydrogen) atoms. The molecule has 1 aliphatic heterocycles. The average Bonchev–Trinajstić information content (AvgIpc) is 2.59. The van der Waals surface area contributed by atoms with E-state index in [-0.39, 0.29) is 5.82 Å². The summed E-state index contributed by atoms with van der Waals surface area (Å²) in [6, 6.07) is 15.9. The van der Waals surface area contributed by atoms with Crippen LogP contribution in [0, 0.1) is 0 Å². The number of carbonyl (C=O) groups excluding carboxylic acids is 1. The molecule has 7 heteroatoms. The lowest BCUT2D eigenvalue weighted by molar-refractivity contribution is 0.100. The van der Waals surface area contributed by atoms with Gasteiger partial charge in [-0.1, -0.05) is 18.2 Å². The van der Waals surface area contributed by atoms with Gasteiger partial charge in [0.1, 0.15) is 5.82 Å². The van der Waals surface area contributed by atoms with Crippen LogP contribution in [0.4, 0.5) is 15.8 Å². The van der Waals surface area contributed by atoms with Crippen LogP contribution >= 0.6 is 0 Å². The highest BCUT2D eigenvalue weighted by Gasteiger charge is 2.16. The zero-order chi connectivity index (χ0) is 16.9. The number of hydrogen-bond acceptors (Lipinski definition) is 5. The molecule has 1 atom stereocenters. The van der Waals surface area contributed by atoms with E-state index in [9.17, 15) is 9.18 Å². The Morgan fingerprint density at radius 1 is 1.08 bits per heavy atom. The molecule has 1 amide bonds. The lowest BCUT2D eigenvalue weighted by Gasteiger charge is -2.24. The molecule has 0 aliphatic carbocycles. The highest BCUT2D eigenvalue weighted by molar-refractivity contribution is 5.93. The highest BCUT2D eigenvalue weighted by Crippen LogP contribution is 2.16. The molecular formula is C17H16FN5O. The van der Waals surface area contributed by atoms with Gasteiger partial charge in [0.2, 0.25) is 5.91 Å². The Morgan fingerprint density at radius 3 is 2.46 bits per heavy atom. The molecule has 0 bridgehead atoms. The van der Waals surface area contributed by atoms with Crippen LogP contribution in [-0.4, -0.2) is 18.4 Å². The first kappa shape index (κ1) is 15.5. The topological polar surface area (TPSA) is 91.5 Å². The van der Waals surface area contributed by atoms with Crippen LogP contribution in [0.25, 0.3) is 0 Å². The number of nitrogens with zero attached hydrogens (tertiary/aromatic N) is 1. The van der Waals surface area contributed by atoms with Crippen LogP contribution in [0.2, 0.25) is 0 Å². The van der Waals surface area contributed by atoms with Crippen molar-refractivity contribution in [2.24, 2.45) is 10.7 Å². The maximum absolute atomic E-state index is 13.9.